The first-order valence-electron chi connectivity index (χ1n) is 7.31. The van der Waals surface area contributed by atoms with Gasteiger partial charge in [0.2, 0.25) is 10.0 Å². The Kier molecular flexibility index (Phi) is 4.96. The van der Waals surface area contributed by atoms with Crippen molar-refractivity contribution >= 4 is 15.8 Å². The molecule has 0 radical (unpaired) electrons. The SMILES string of the molecule is CCC(=O)[C@H](C(C)C)n1cc(-c2ccc(S(N)(=O)=O)cc2)nn1. The lowest BCUT2D eigenvalue weighted by Crippen LogP contribution is -2.24. The van der Waals surface area contributed by atoms with Gasteiger partial charge in [0.25, 0.3) is 0 Å². The highest BCUT2D eigenvalue weighted by Crippen LogP contribution is 2.23. The average Bonchev–Trinajstić information content (AvgIpc) is 2.95. The number of Topliss-reactive ketones (excluding diaryl/α,β-unsaturated/α-hetero) is 1. The Morgan fingerprint density at radius 1 is 1.26 bits per heavy atom. The van der Waals surface area contributed by atoms with Gasteiger partial charge in [0.15, 0.2) is 5.78 Å². The van der Waals surface area contributed by atoms with Crippen LogP contribution >= 0.6 is 0 Å². The van der Waals surface area contributed by atoms with Crippen LogP contribution in [0.2, 0.25) is 0 Å². The summed E-state index contributed by atoms with van der Waals surface area (Å²) in [6.45, 7) is 5.74. The Morgan fingerprint density at radius 3 is 2.35 bits per heavy atom. The first-order valence-corrected chi connectivity index (χ1v) is 8.86. The van der Waals surface area contributed by atoms with Gasteiger partial charge in [0.05, 0.1) is 11.1 Å². The highest BCUT2D eigenvalue weighted by Gasteiger charge is 2.24. The Bertz CT molecular complexity index is 794. The van der Waals surface area contributed by atoms with E-state index in [2.05, 4.69) is 10.3 Å². The Balaban J connectivity index is 2.33. The molecular weight excluding hydrogens is 316 g/mol. The van der Waals surface area contributed by atoms with Gasteiger partial charge >= 0.3 is 0 Å². The quantitative estimate of drug-likeness (QED) is 0.865. The molecular formula is C15H20N4O3S. The van der Waals surface area contributed by atoms with Crippen LogP contribution in [0.25, 0.3) is 11.3 Å². The molecule has 0 unspecified atom stereocenters. The molecule has 0 aliphatic heterocycles. The monoisotopic (exact) mass is 336 g/mol. The number of sulfonamides is 1. The molecule has 2 rings (SSSR count). The summed E-state index contributed by atoms with van der Waals surface area (Å²) < 4.78 is 24.1. The number of hydrogen-bond donors (Lipinski definition) is 1. The number of carbonyl (C=O) groups excluding carboxylic acids is 1. The van der Waals surface area contributed by atoms with Crippen molar-refractivity contribution in [2.75, 3.05) is 0 Å². The Labute approximate surface area is 135 Å². The van der Waals surface area contributed by atoms with Crippen LogP contribution in [0.3, 0.4) is 0 Å². The average molecular weight is 336 g/mol. The van der Waals surface area contributed by atoms with E-state index in [0.29, 0.717) is 17.7 Å². The van der Waals surface area contributed by atoms with Crippen molar-refractivity contribution in [1.29, 1.82) is 0 Å². The number of rotatable bonds is 6. The van der Waals surface area contributed by atoms with Crippen molar-refractivity contribution in [3.8, 4) is 11.3 Å². The second-order valence-electron chi connectivity index (χ2n) is 5.66. The molecule has 23 heavy (non-hydrogen) atoms. The van der Waals surface area contributed by atoms with E-state index in [-0.39, 0.29) is 22.6 Å². The van der Waals surface area contributed by atoms with E-state index < -0.39 is 10.0 Å². The highest BCUT2D eigenvalue weighted by molar-refractivity contribution is 7.89. The number of carbonyl (C=O) groups is 1. The van der Waals surface area contributed by atoms with Crippen LogP contribution in [0, 0.1) is 5.92 Å². The van der Waals surface area contributed by atoms with Gasteiger partial charge < -0.3 is 0 Å². The molecule has 1 heterocycles. The maximum absolute atomic E-state index is 12.1. The highest BCUT2D eigenvalue weighted by atomic mass is 32.2. The van der Waals surface area contributed by atoms with Crippen molar-refractivity contribution < 1.29 is 13.2 Å². The maximum atomic E-state index is 12.1. The zero-order valence-corrected chi connectivity index (χ0v) is 14.1. The third-order valence-electron chi connectivity index (χ3n) is 3.58. The number of nitrogens with two attached hydrogens (primary N) is 1. The fourth-order valence-electron chi connectivity index (χ4n) is 2.39. The molecule has 0 saturated carbocycles. The van der Waals surface area contributed by atoms with Gasteiger partial charge in [-0.05, 0) is 18.1 Å². The predicted octanol–water partition coefficient (Wildman–Crippen LogP) is 1.77. The lowest BCUT2D eigenvalue weighted by Gasteiger charge is -2.18. The van der Waals surface area contributed by atoms with Gasteiger partial charge in [0, 0.05) is 12.0 Å². The summed E-state index contributed by atoms with van der Waals surface area (Å²) in [5.74, 6) is 0.197. The number of ketones is 1. The zero-order chi connectivity index (χ0) is 17.2. The lowest BCUT2D eigenvalue weighted by molar-refractivity contribution is -0.123. The van der Waals surface area contributed by atoms with E-state index in [1.165, 1.54) is 12.1 Å². The molecule has 1 aromatic carbocycles. The maximum Gasteiger partial charge on any atom is 0.238 e. The fraction of sp³-hybridized carbons (Fsp3) is 0.400. The summed E-state index contributed by atoms with van der Waals surface area (Å²) in [6, 6.07) is 5.70. The smallest absolute Gasteiger partial charge is 0.238 e. The standard InChI is InChI=1S/C15H20N4O3S/c1-4-14(20)15(10(2)3)19-9-13(17-18-19)11-5-7-12(8-6-11)23(16,21)22/h5-10,15H,4H2,1-3H3,(H2,16,21,22)/t15-/m0/s1. The second kappa shape index (κ2) is 6.59. The number of hydrogen-bond acceptors (Lipinski definition) is 5. The largest absolute Gasteiger partial charge is 0.297 e. The summed E-state index contributed by atoms with van der Waals surface area (Å²) in [5.41, 5.74) is 1.27. The molecule has 0 saturated heterocycles. The Morgan fingerprint density at radius 2 is 1.87 bits per heavy atom. The van der Waals surface area contributed by atoms with Crippen LogP contribution in [0.1, 0.15) is 33.2 Å². The van der Waals surface area contributed by atoms with Crippen LogP contribution in [-0.2, 0) is 14.8 Å². The van der Waals surface area contributed by atoms with E-state index in [1.54, 1.807) is 23.0 Å². The van der Waals surface area contributed by atoms with Gasteiger partial charge in [-0.2, -0.15) is 0 Å². The van der Waals surface area contributed by atoms with Crippen molar-refractivity contribution in [3.63, 3.8) is 0 Å². The third-order valence-corrected chi connectivity index (χ3v) is 4.51. The molecule has 0 aliphatic carbocycles. The van der Waals surface area contributed by atoms with Gasteiger partial charge in [-0.1, -0.05) is 38.1 Å². The van der Waals surface area contributed by atoms with Gasteiger partial charge in [-0.15, -0.1) is 5.10 Å². The van der Waals surface area contributed by atoms with Crippen LogP contribution < -0.4 is 5.14 Å². The second-order valence-corrected chi connectivity index (χ2v) is 7.22. The normalized spacial score (nSPS) is 13.3. The van der Waals surface area contributed by atoms with Gasteiger partial charge in [0.1, 0.15) is 11.7 Å². The number of aromatic nitrogens is 3. The molecule has 0 bridgehead atoms. The van der Waals surface area contributed by atoms with E-state index in [0.717, 1.165) is 0 Å². The molecule has 2 N–H and O–H groups in total. The molecule has 124 valence electrons. The van der Waals surface area contributed by atoms with Crippen molar-refractivity contribution in [2.45, 2.75) is 38.1 Å². The van der Waals surface area contributed by atoms with Crippen molar-refractivity contribution in [1.82, 2.24) is 15.0 Å². The van der Waals surface area contributed by atoms with E-state index in [1.807, 2.05) is 20.8 Å². The van der Waals surface area contributed by atoms with Gasteiger partial charge in [-0.3, -0.25) is 4.79 Å². The van der Waals surface area contributed by atoms with Crippen LogP contribution in [-0.4, -0.2) is 29.2 Å². The van der Waals surface area contributed by atoms with E-state index in [4.69, 9.17) is 5.14 Å². The van der Waals surface area contributed by atoms with Crippen LogP contribution in [0.5, 0.6) is 0 Å². The first-order chi connectivity index (χ1) is 10.7. The summed E-state index contributed by atoms with van der Waals surface area (Å²) >= 11 is 0. The van der Waals surface area contributed by atoms with Gasteiger partial charge in [-0.25, -0.2) is 18.2 Å². The first kappa shape index (κ1) is 17.3. The molecule has 1 aromatic heterocycles. The molecule has 8 heteroatoms. The molecule has 0 spiro atoms. The number of benzene rings is 1. The fourth-order valence-corrected chi connectivity index (χ4v) is 2.91. The third kappa shape index (κ3) is 3.83. The minimum Gasteiger partial charge on any atom is -0.297 e. The Hall–Kier alpha value is -2.06. The van der Waals surface area contributed by atoms with E-state index >= 15 is 0 Å². The minimum atomic E-state index is -3.72. The van der Waals surface area contributed by atoms with Crippen LogP contribution in [0.4, 0.5) is 0 Å². The molecule has 2 aromatic rings. The summed E-state index contributed by atoms with van der Waals surface area (Å²) in [4.78, 5) is 12.1. The molecule has 0 aliphatic rings. The minimum absolute atomic E-state index is 0.0369. The van der Waals surface area contributed by atoms with Crippen molar-refractivity contribution in [3.05, 3.63) is 30.5 Å². The molecule has 7 nitrogen and oxygen atoms in total. The molecule has 0 fully saturated rings. The predicted molar refractivity (Wildman–Crippen MR) is 86.0 cm³/mol. The zero-order valence-electron chi connectivity index (χ0n) is 13.3. The van der Waals surface area contributed by atoms with E-state index in [9.17, 15) is 13.2 Å². The molecule has 0 amide bonds. The molecule has 1 atom stereocenters. The lowest BCUT2D eigenvalue weighted by atomic mass is 9.98. The summed E-state index contributed by atoms with van der Waals surface area (Å²) in [7, 11) is -3.72. The number of nitrogens with zero attached hydrogens (tertiary/aromatic N) is 3. The topological polar surface area (TPSA) is 108 Å². The van der Waals surface area contributed by atoms with Crippen molar-refractivity contribution in [2.24, 2.45) is 11.1 Å². The summed E-state index contributed by atoms with van der Waals surface area (Å²) in [6.07, 6.45) is 2.13. The number of primary sulfonamides is 1. The van der Waals surface area contributed by atoms with Crippen LogP contribution in [0.15, 0.2) is 35.4 Å². The summed E-state index contributed by atoms with van der Waals surface area (Å²) in [5, 5.41) is 13.2.